The van der Waals surface area contributed by atoms with Crippen LogP contribution in [0.1, 0.15) is 66.2 Å². The summed E-state index contributed by atoms with van der Waals surface area (Å²) in [6.07, 6.45) is 10.2. The third kappa shape index (κ3) is 5.37. The van der Waals surface area contributed by atoms with Crippen LogP contribution in [0.15, 0.2) is 0 Å². The van der Waals surface area contributed by atoms with E-state index in [1.54, 1.807) is 0 Å². The zero-order valence-corrected chi connectivity index (χ0v) is 13.3. The average Bonchev–Trinajstić information content (AvgIpc) is 2.72. The lowest BCUT2D eigenvalue weighted by Crippen LogP contribution is -2.57. The number of ether oxygens (including phenoxy) is 1. The van der Waals surface area contributed by atoms with E-state index >= 15 is 0 Å². The van der Waals surface area contributed by atoms with Gasteiger partial charge < -0.3 is 9.64 Å². The first-order chi connectivity index (χ1) is 9.10. The van der Waals surface area contributed by atoms with Gasteiger partial charge in [0.05, 0.1) is 0 Å². The maximum atomic E-state index is 5.06. The van der Waals surface area contributed by atoms with Crippen LogP contribution in [0.2, 0.25) is 0 Å². The molecule has 0 aromatic heterocycles. The van der Waals surface area contributed by atoms with Gasteiger partial charge in [0.2, 0.25) is 0 Å². The van der Waals surface area contributed by atoms with Crippen molar-refractivity contribution in [1.82, 2.24) is 4.90 Å². The van der Waals surface area contributed by atoms with Gasteiger partial charge in [0, 0.05) is 26.3 Å². The van der Waals surface area contributed by atoms with E-state index in [0.717, 1.165) is 30.5 Å². The van der Waals surface area contributed by atoms with E-state index in [1.165, 1.54) is 58.0 Å². The molecule has 0 radical (unpaired) electrons. The molecular formula is C18H37NO. The normalized spacial score (nSPS) is 30.4. The highest BCUT2D eigenvalue weighted by Crippen LogP contribution is 2.47. The lowest BCUT2D eigenvalue weighted by molar-refractivity contribution is -0.0436. The van der Waals surface area contributed by atoms with Gasteiger partial charge >= 0.3 is 0 Å². The average molecular weight is 284 g/mol. The van der Waals surface area contributed by atoms with E-state index in [2.05, 4.69) is 25.8 Å². The maximum absolute atomic E-state index is 5.06. The smallest absolute Gasteiger partial charge is 0.0492 e. The molecule has 2 saturated heterocycles. The monoisotopic (exact) mass is 283 g/mol. The van der Waals surface area contributed by atoms with Crippen molar-refractivity contribution in [3.8, 4) is 0 Å². The minimum atomic E-state index is 0. The quantitative estimate of drug-likeness (QED) is 0.645. The van der Waals surface area contributed by atoms with Gasteiger partial charge in [-0.15, -0.1) is 0 Å². The summed E-state index contributed by atoms with van der Waals surface area (Å²) in [5, 5.41) is 0. The fourth-order valence-corrected chi connectivity index (χ4v) is 3.36. The van der Waals surface area contributed by atoms with Crippen molar-refractivity contribution in [2.75, 3.05) is 33.4 Å². The van der Waals surface area contributed by atoms with Gasteiger partial charge in [-0.05, 0) is 43.6 Å². The molecule has 2 heteroatoms. The second-order valence-corrected chi connectivity index (χ2v) is 7.53. The van der Waals surface area contributed by atoms with Gasteiger partial charge in [-0.25, -0.2) is 0 Å². The fourth-order valence-electron chi connectivity index (χ4n) is 3.36. The molecule has 2 aliphatic heterocycles. The molecule has 1 spiro atoms. The number of hydrogen-bond donors (Lipinski definition) is 0. The summed E-state index contributed by atoms with van der Waals surface area (Å²) < 4.78 is 5.06. The summed E-state index contributed by atoms with van der Waals surface area (Å²) in [5.41, 5.74) is 0.842. The standard InChI is InChI=1S/C7H13N.C5H10O.C5H10.CH4/c1-8-5-7(6-8)3-2-4-7;1-5-2-3-6-4-5;1-5-3-2-4-5;/h2-6H2,1H3;5H,2-4H2,1H3;5H,2-4H2,1H3;1H4/t;5-;;/m.0../s1. The predicted molar refractivity (Wildman–Crippen MR) is 88.1 cm³/mol. The molecule has 2 aliphatic carbocycles. The molecule has 2 heterocycles. The Balaban J connectivity index is 0.000000151. The molecule has 20 heavy (non-hydrogen) atoms. The first kappa shape index (κ1) is 18.0. The lowest BCUT2D eigenvalue weighted by atomic mass is 9.64. The molecule has 120 valence electrons. The van der Waals surface area contributed by atoms with Crippen molar-refractivity contribution in [3.63, 3.8) is 0 Å². The first-order valence-corrected chi connectivity index (χ1v) is 8.36. The Hall–Kier alpha value is -0.0800. The van der Waals surface area contributed by atoms with Crippen LogP contribution in [0.4, 0.5) is 0 Å². The van der Waals surface area contributed by atoms with E-state index in [9.17, 15) is 0 Å². The van der Waals surface area contributed by atoms with Crippen LogP contribution in [0.25, 0.3) is 0 Å². The van der Waals surface area contributed by atoms with Crippen molar-refractivity contribution in [2.24, 2.45) is 17.3 Å². The van der Waals surface area contributed by atoms with Gasteiger partial charge in [0.1, 0.15) is 0 Å². The minimum absolute atomic E-state index is 0. The Morgan fingerprint density at radius 2 is 1.55 bits per heavy atom. The van der Waals surface area contributed by atoms with E-state index < -0.39 is 0 Å². The molecule has 2 nitrogen and oxygen atoms in total. The Kier molecular flexibility index (Phi) is 7.53. The van der Waals surface area contributed by atoms with Crippen molar-refractivity contribution in [2.45, 2.75) is 66.2 Å². The fraction of sp³-hybridized carbons (Fsp3) is 1.00. The highest BCUT2D eigenvalue weighted by Gasteiger charge is 2.45. The molecule has 4 fully saturated rings. The van der Waals surface area contributed by atoms with Crippen LogP contribution in [0.3, 0.4) is 0 Å². The molecule has 0 bridgehead atoms. The molecule has 4 rings (SSSR count). The maximum Gasteiger partial charge on any atom is 0.0492 e. The highest BCUT2D eigenvalue weighted by atomic mass is 16.5. The molecule has 0 aromatic rings. The van der Waals surface area contributed by atoms with Crippen LogP contribution in [0, 0.1) is 17.3 Å². The van der Waals surface area contributed by atoms with E-state index in [4.69, 9.17) is 4.74 Å². The second kappa shape index (κ2) is 8.38. The molecule has 2 saturated carbocycles. The molecule has 0 aromatic carbocycles. The van der Waals surface area contributed by atoms with Gasteiger partial charge in [0.25, 0.3) is 0 Å². The van der Waals surface area contributed by atoms with Gasteiger partial charge in [-0.3, -0.25) is 0 Å². The zero-order valence-electron chi connectivity index (χ0n) is 13.3. The molecule has 0 amide bonds. The topological polar surface area (TPSA) is 12.5 Å². The second-order valence-electron chi connectivity index (χ2n) is 7.53. The molecule has 4 aliphatic rings. The Bertz CT molecular complexity index is 244. The third-order valence-electron chi connectivity index (χ3n) is 5.18. The summed E-state index contributed by atoms with van der Waals surface area (Å²) in [6, 6.07) is 0. The van der Waals surface area contributed by atoms with E-state index in [1.807, 2.05) is 0 Å². The Morgan fingerprint density at radius 3 is 1.65 bits per heavy atom. The third-order valence-corrected chi connectivity index (χ3v) is 5.18. The molecule has 0 unspecified atom stereocenters. The molecule has 0 N–H and O–H groups in total. The predicted octanol–water partition coefficient (Wildman–Crippen LogP) is 4.59. The summed E-state index contributed by atoms with van der Waals surface area (Å²) in [4.78, 5) is 2.42. The minimum Gasteiger partial charge on any atom is -0.381 e. The van der Waals surface area contributed by atoms with Crippen LogP contribution in [-0.4, -0.2) is 38.3 Å². The van der Waals surface area contributed by atoms with Crippen LogP contribution < -0.4 is 0 Å². The summed E-state index contributed by atoms with van der Waals surface area (Å²) >= 11 is 0. The van der Waals surface area contributed by atoms with Crippen molar-refractivity contribution >= 4 is 0 Å². The SMILES string of the molecule is C.CC1CCC1.CN1CC2(CCC2)C1.C[C@H]1CCOC1. The number of hydrogen-bond acceptors (Lipinski definition) is 2. The number of rotatable bonds is 0. The summed E-state index contributed by atoms with van der Waals surface area (Å²) in [5.74, 6) is 1.89. The summed E-state index contributed by atoms with van der Waals surface area (Å²) in [7, 11) is 2.21. The number of nitrogens with zero attached hydrogens (tertiary/aromatic N) is 1. The number of likely N-dealkylation sites (tertiary alicyclic amines) is 1. The van der Waals surface area contributed by atoms with Crippen molar-refractivity contribution in [1.29, 1.82) is 0 Å². The lowest BCUT2D eigenvalue weighted by Gasteiger charge is -2.54. The largest absolute Gasteiger partial charge is 0.381 e. The highest BCUT2D eigenvalue weighted by molar-refractivity contribution is 4.98. The van der Waals surface area contributed by atoms with Gasteiger partial charge in [-0.1, -0.05) is 47.0 Å². The molecular weight excluding hydrogens is 246 g/mol. The van der Waals surface area contributed by atoms with Crippen LogP contribution in [-0.2, 0) is 4.74 Å². The van der Waals surface area contributed by atoms with Crippen molar-refractivity contribution < 1.29 is 4.74 Å². The first-order valence-electron chi connectivity index (χ1n) is 8.36. The molecule has 1 atom stereocenters. The van der Waals surface area contributed by atoms with Crippen molar-refractivity contribution in [3.05, 3.63) is 0 Å². The Morgan fingerprint density at radius 1 is 0.950 bits per heavy atom. The van der Waals surface area contributed by atoms with E-state index in [-0.39, 0.29) is 7.43 Å². The summed E-state index contributed by atoms with van der Waals surface area (Å²) in [6.45, 7) is 9.26. The van der Waals surface area contributed by atoms with Gasteiger partial charge in [-0.2, -0.15) is 0 Å². The van der Waals surface area contributed by atoms with Gasteiger partial charge in [0.15, 0.2) is 0 Å². The Labute approximate surface area is 127 Å². The van der Waals surface area contributed by atoms with E-state index in [0.29, 0.717) is 0 Å². The van der Waals surface area contributed by atoms with Crippen LogP contribution >= 0.6 is 0 Å². The van der Waals surface area contributed by atoms with Crippen LogP contribution in [0.5, 0.6) is 0 Å². The zero-order chi connectivity index (χ0) is 13.7.